The van der Waals surface area contributed by atoms with Crippen LogP contribution in [0, 0.1) is 17.0 Å². The van der Waals surface area contributed by atoms with E-state index < -0.39 is 4.92 Å². The summed E-state index contributed by atoms with van der Waals surface area (Å²) in [6, 6.07) is 6.23. The summed E-state index contributed by atoms with van der Waals surface area (Å²) >= 11 is 11.7. The van der Waals surface area contributed by atoms with Crippen LogP contribution >= 0.6 is 23.2 Å². The maximum atomic E-state index is 10.9. The van der Waals surface area contributed by atoms with Gasteiger partial charge in [-0.1, -0.05) is 23.2 Å². The highest BCUT2D eigenvalue weighted by Gasteiger charge is 2.18. The average molecular weight is 314 g/mol. The molecule has 2 rings (SSSR count). The van der Waals surface area contributed by atoms with Crippen LogP contribution in [0.3, 0.4) is 0 Å². The first-order valence-electron chi connectivity index (χ1n) is 5.53. The molecule has 2 aromatic rings. The molecule has 104 valence electrons. The molecule has 0 aliphatic carbocycles. The Bertz CT molecular complexity index is 664. The first kappa shape index (κ1) is 14.5. The number of pyridine rings is 2. The van der Waals surface area contributed by atoms with Gasteiger partial charge in [-0.2, -0.15) is 0 Å². The van der Waals surface area contributed by atoms with Crippen molar-refractivity contribution >= 4 is 29.0 Å². The molecule has 6 nitrogen and oxygen atoms in total. The maximum Gasteiger partial charge on any atom is 0.406 e. The smallest absolute Gasteiger partial charge is 0.406 e. The molecule has 0 aliphatic rings. The van der Waals surface area contributed by atoms with Crippen LogP contribution in [-0.4, -0.2) is 14.9 Å². The minimum atomic E-state index is -0.602. The van der Waals surface area contributed by atoms with Crippen molar-refractivity contribution in [2.45, 2.75) is 13.5 Å². The van der Waals surface area contributed by atoms with Crippen LogP contribution in [0.25, 0.3) is 0 Å². The summed E-state index contributed by atoms with van der Waals surface area (Å²) in [5.74, 6) is -0.290. The number of hydrogen-bond donors (Lipinski definition) is 0. The van der Waals surface area contributed by atoms with E-state index in [4.69, 9.17) is 27.9 Å². The van der Waals surface area contributed by atoms with Gasteiger partial charge in [-0.15, -0.1) is 0 Å². The Morgan fingerprint density at radius 3 is 2.70 bits per heavy atom. The molecule has 2 heterocycles. The average Bonchev–Trinajstić information content (AvgIpc) is 2.40. The highest BCUT2D eigenvalue weighted by atomic mass is 35.5. The van der Waals surface area contributed by atoms with Crippen molar-refractivity contribution in [3.63, 3.8) is 0 Å². The zero-order valence-corrected chi connectivity index (χ0v) is 11.9. The first-order chi connectivity index (χ1) is 9.47. The van der Waals surface area contributed by atoms with E-state index in [0.29, 0.717) is 16.4 Å². The topological polar surface area (TPSA) is 78.2 Å². The van der Waals surface area contributed by atoms with Crippen molar-refractivity contribution in [2.75, 3.05) is 0 Å². The highest BCUT2D eigenvalue weighted by molar-refractivity contribution is 6.32. The van der Waals surface area contributed by atoms with Gasteiger partial charge >= 0.3 is 5.82 Å². The van der Waals surface area contributed by atoms with Gasteiger partial charge in [0.15, 0.2) is 0 Å². The standard InChI is InChI=1S/C12H9Cl2N3O3/c1-7-2-4-10(12(15-7)17(18)19)20-6-9-8(13)3-5-11(14)16-9/h2-5H,6H2,1H3. The minimum absolute atomic E-state index is 0.0367. The van der Waals surface area contributed by atoms with E-state index in [1.807, 2.05) is 0 Å². The quantitative estimate of drug-likeness (QED) is 0.489. The second kappa shape index (κ2) is 6.02. The van der Waals surface area contributed by atoms with E-state index in [1.54, 1.807) is 25.1 Å². The van der Waals surface area contributed by atoms with Crippen LogP contribution in [0.1, 0.15) is 11.4 Å². The van der Waals surface area contributed by atoms with Crippen LogP contribution in [0.4, 0.5) is 5.82 Å². The maximum absolute atomic E-state index is 10.9. The Morgan fingerprint density at radius 1 is 1.25 bits per heavy atom. The van der Waals surface area contributed by atoms with Crippen molar-refractivity contribution in [1.29, 1.82) is 0 Å². The number of nitrogens with zero attached hydrogens (tertiary/aromatic N) is 3. The van der Waals surface area contributed by atoms with Gasteiger partial charge in [-0.3, -0.25) is 0 Å². The summed E-state index contributed by atoms with van der Waals surface area (Å²) in [7, 11) is 0. The molecule has 20 heavy (non-hydrogen) atoms. The molecular weight excluding hydrogens is 305 g/mol. The molecule has 0 radical (unpaired) electrons. The van der Waals surface area contributed by atoms with Crippen LogP contribution in [0.5, 0.6) is 5.75 Å². The third kappa shape index (κ3) is 3.34. The monoisotopic (exact) mass is 313 g/mol. The predicted molar refractivity (Wildman–Crippen MR) is 74.2 cm³/mol. The molecule has 0 unspecified atom stereocenters. The van der Waals surface area contributed by atoms with E-state index in [1.165, 1.54) is 6.07 Å². The minimum Gasteiger partial charge on any atom is -0.479 e. The molecular formula is C12H9Cl2N3O3. The number of aryl methyl sites for hydroxylation is 1. The fourth-order valence-electron chi connectivity index (χ4n) is 1.48. The number of aromatic nitrogens is 2. The van der Waals surface area contributed by atoms with Gasteiger partial charge in [0.05, 0.1) is 10.7 Å². The first-order valence-corrected chi connectivity index (χ1v) is 6.28. The number of ether oxygens (including phenoxy) is 1. The van der Waals surface area contributed by atoms with Crippen LogP contribution in [0.15, 0.2) is 24.3 Å². The molecule has 0 spiro atoms. The SMILES string of the molecule is Cc1ccc(OCc2nc(Cl)ccc2Cl)c([N+](=O)[O-])n1. The lowest BCUT2D eigenvalue weighted by Gasteiger charge is -2.07. The Labute approximate surface area is 124 Å². The van der Waals surface area contributed by atoms with E-state index in [9.17, 15) is 10.1 Å². The summed E-state index contributed by atoms with van der Waals surface area (Å²) in [4.78, 5) is 18.1. The number of rotatable bonds is 4. The molecule has 0 saturated heterocycles. The molecule has 0 aliphatic heterocycles. The highest BCUT2D eigenvalue weighted by Crippen LogP contribution is 2.26. The van der Waals surface area contributed by atoms with Gasteiger partial charge in [0.25, 0.3) is 0 Å². The Morgan fingerprint density at radius 2 is 2.00 bits per heavy atom. The van der Waals surface area contributed by atoms with E-state index in [0.717, 1.165) is 0 Å². The molecule has 0 fully saturated rings. The zero-order chi connectivity index (χ0) is 14.7. The zero-order valence-electron chi connectivity index (χ0n) is 10.3. The molecule has 2 aromatic heterocycles. The summed E-state index contributed by atoms with van der Waals surface area (Å²) in [6.45, 7) is 1.62. The van der Waals surface area contributed by atoms with Crippen LogP contribution in [0.2, 0.25) is 10.2 Å². The largest absolute Gasteiger partial charge is 0.479 e. The van der Waals surface area contributed by atoms with Gasteiger partial charge < -0.3 is 14.9 Å². The van der Waals surface area contributed by atoms with Crippen LogP contribution < -0.4 is 4.74 Å². The number of halogens is 2. The van der Waals surface area contributed by atoms with Crippen molar-refractivity contribution in [2.24, 2.45) is 0 Å². The molecule has 0 N–H and O–H groups in total. The molecule has 0 aromatic carbocycles. The third-order valence-electron chi connectivity index (χ3n) is 2.40. The molecule has 0 atom stereocenters. The van der Waals surface area contributed by atoms with Gasteiger partial charge in [0.2, 0.25) is 5.75 Å². The van der Waals surface area contributed by atoms with Gasteiger partial charge in [0.1, 0.15) is 17.5 Å². The summed E-state index contributed by atoms with van der Waals surface area (Å²) < 4.78 is 5.37. The second-order valence-electron chi connectivity index (χ2n) is 3.88. The van der Waals surface area contributed by atoms with Gasteiger partial charge in [0, 0.05) is 6.92 Å². The second-order valence-corrected chi connectivity index (χ2v) is 4.68. The van der Waals surface area contributed by atoms with E-state index in [-0.39, 0.29) is 23.3 Å². The van der Waals surface area contributed by atoms with E-state index >= 15 is 0 Å². The third-order valence-corrected chi connectivity index (χ3v) is 2.96. The lowest BCUT2D eigenvalue weighted by Crippen LogP contribution is -2.03. The summed E-state index contributed by atoms with van der Waals surface area (Å²) in [6.07, 6.45) is 0. The molecule has 8 heteroatoms. The normalized spacial score (nSPS) is 10.3. The summed E-state index contributed by atoms with van der Waals surface area (Å²) in [5, 5.41) is 11.5. The Balaban J connectivity index is 2.23. The predicted octanol–water partition coefficient (Wildman–Crippen LogP) is 3.58. The Hall–Kier alpha value is -1.92. The fourth-order valence-corrected chi connectivity index (χ4v) is 1.80. The Kier molecular flexibility index (Phi) is 4.36. The molecule has 0 amide bonds. The molecule has 0 saturated carbocycles. The summed E-state index contributed by atoms with van der Waals surface area (Å²) in [5.41, 5.74) is 0.928. The van der Waals surface area contributed by atoms with Gasteiger partial charge in [-0.25, -0.2) is 4.98 Å². The lowest BCUT2D eigenvalue weighted by molar-refractivity contribution is -0.390. The molecule has 0 bridgehead atoms. The van der Waals surface area contributed by atoms with Crippen molar-refractivity contribution in [3.8, 4) is 5.75 Å². The van der Waals surface area contributed by atoms with Gasteiger partial charge in [-0.05, 0) is 34.2 Å². The number of hydrogen-bond acceptors (Lipinski definition) is 5. The van der Waals surface area contributed by atoms with Crippen molar-refractivity contribution in [1.82, 2.24) is 9.97 Å². The number of nitro groups is 1. The lowest BCUT2D eigenvalue weighted by atomic mass is 10.3. The van der Waals surface area contributed by atoms with E-state index in [2.05, 4.69) is 9.97 Å². The van der Waals surface area contributed by atoms with Crippen LogP contribution in [-0.2, 0) is 6.61 Å². The fraction of sp³-hybridized carbons (Fsp3) is 0.167. The van der Waals surface area contributed by atoms with Crippen molar-refractivity contribution < 1.29 is 9.66 Å². The van der Waals surface area contributed by atoms with Crippen molar-refractivity contribution in [3.05, 3.63) is 55.9 Å².